The number of rotatable bonds is 3. The molecule has 2 aromatic rings. The number of aliphatic hydroxyl groups excluding tert-OH is 1. The maximum absolute atomic E-state index is 13.2. The lowest BCUT2D eigenvalue weighted by Crippen LogP contribution is -2.32. The zero-order chi connectivity index (χ0) is 16.4. The summed E-state index contributed by atoms with van der Waals surface area (Å²) in [6, 6.07) is 13.0. The van der Waals surface area contributed by atoms with Crippen molar-refractivity contribution < 1.29 is 9.50 Å². The topological polar surface area (TPSA) is 26.7 Å². The molecule has 23 heavy (non-hydrogen) atoms. The maximum atomic E-state index is 13.2. The van der Waals surface area contributed by atoms with Crippen LogP contribution >= 0.6 is 0 Å². The van der Waals surface area contributed by atoms with E-state index in [1.807, 2.05) is 6.92 Å². The number of hydrogen-bond donors (Lipinski definition) is 1. The van der Waals surface area contributed by atoms with Crippen molar-refractivity contribution in [3.8, 4) is 0 Å². The number of fused-ring (bicyclic) bond motifs is 1. The van der Waals surface area contributed by atoms with Crippen LogP contribution < -0.4 is 4.90 Å². The highest BCUT2D eigenvalue weighted by Gasteiger charge is 2.20. The SMILES string of the molecule is Cc1cc(F)ccc1[C@H](O)CN1CCN(C)c2ccccc2C1. The number of benzene rings is 2. The summed E-state index contributed by atoms with van der Waals surface area (Å²) in [7, 11) is 2.10. The Morgan fingerprint density at radius 1 is 1.17 bits per heavy atom. The van der Waals surface area contributed by atoms with E-state index in [1.165, 1.54) is 23.4 Å². The summed E-state index contributed by atoms with van der Waals surface area (Å²) in [4.78, 5) is 4.51. The van der Waals surface area contributed by atoms with Crippen LogP contribution in [0, 0.1) is 12.7 Å². The molecule has 0 fully saturated rings. The molecule has 0 spiro atoms. The summed E-state index contributed by atoms with van der Waals surface area (Å²) < 4.78 is 13.2. The molecular formula is C19H23FN2O. The number of halogens is 1. The molecule has 0 aromatic heterocycles. The fourth-order valence-corrected chi connectivity index (χ4v) is 3.26. The summed E-state index contributed by atoms with van der Waals surface area (Å²) in [6.07, 6.45) is -0.605. The number of anilines is 1. The Morgan fingerprint density at radius 2 is 1.96 bits per heavy atom. The van der Waals surface area contributed by atoms with Crippen LogP contribution in [0.5, 0.6) is 0 Å². The summed E-state index contributed by atoms with van der Waals surface area (Å²) in [6.45, 7) is 5.02. The van der Waals surface area contributed by atoms with Crippen LogP contribution in [0.2, 0.25) is 0 Å². The second kappa shape index (κ2) is 6.69. The Labute approximate surface area is 137 Å². The van der Waals surface area contributed by atoms with Crippen molar-refractivity contribution in [2.24, 2.45) is 0 Å². The number of likely N-dealkylation sites (N-methyl/N-ethyl adjacent to an activating group) is 1. The molecule has 0 saturated carbocycles. The van der Waals surface area contributed by atoms with Crippen molar-refractivity contribution in [3.05, 3.63) is 65.0 Å². The van der Waals surface area contributed by atoms with Crippen LogP contribution in [0.3, 0.4) is 0 Å². The minimum atomic E-state index is -0.605. The fourth-order valence-electron chi connectivity index (χ4n) is 3.26. The summed E-state index contributed by atoms with van der Waals surface area (Å²) in [5, 5.41) is 10.6. The van der Waals surface area contributed by atoms with Crippen LogP contribution in [0.1, 0.15) is 22.8 Å². The van der Waals surface area contributed by atoms with Crippen LogP contribution in [-0.4, -0.2) is 36.7 Å². The van der Waals surface area contributed by atoms with Gasteiger partial charge in [0.15, 0.2) is 0 Å². The number of β-amino-alcohol motifs (C(OH)–C–C–N with tert-alkyl or cyclic N) is 1. The third kappa shape index (κ3) is 3.54. The first-order chi connectivity index (χ1) is 11.0. The Hall–Kier alpha value is -1.91. The molecule has 2 aromatic carbocycles. The molecular weight excluding hydrogens is 291 g/mol. The monoisotopic (exact) mass is 314 g/mol. The van der Waals surface area contributed by atoms with E-state index >= 15 is 0 Å². The molecule has 122 valence electrons. The van der Waals surface area contributed by atoms with E-state index in [4.69, 9.17) is 0 Å². The van der Waals surface area contributed by atoms with Gasteiger partial charge in [-0.1, -0.05) is 24.3 Å². The van der Waals surface area contributed by atoms with Gasteiger partial charge in [0.25, 0.3) is 0 Å². The van der Waals surface area contributed by atoms with Crippen molar-refractivity contribution in [2.45, 2.75) is 19.6 Å². The molecule has 0 unspecified atom stereocenters. The van der Waals surface area contributed by atoms with Crippen LogP contribution in [0.4, 0.5) is 10.1 Å². The number of para-hydroxylation sites is 1. The Bertz CT molecular complexity index is 689. The first-order valence-corrected chi connectivity index (χ1v) is 8.00. The first-order valence-electron chi connectivity index (χ1n) is 8.00. The smallest absolute Gasteiger partial charge is 0.123 e. The zero-order valence-electron chi connectivity index (χ0n) is 13.7. The molecule has 1 aliphatic rings. The third-order valence-electron chi connectivity index (χ3n) is 4.57. The Morgan fingerprint density at radius 3 is 2.74 bits per heavy atom. The molecule has 0 amide bonds. The van der Waals surface area contributed by atoms with E-state index in [2.05, 4.69) is 41.1 Å². The van der Waals surface area contributed by atoms with E-state index in [9.17, 15) is 9.50 Å². The molecule has 3 nitrogen and oxygen atoms in total. The van der Waals surface area contributed by atoms with Gasteiger partial charge in [0.2, 0.25) is 0 Å². The average molecular weight is 314 g/mol. The summed E-state index contributed by atoms with van der Waals surface area (Å²) >= 11 is 0. The number of aliphatic hydroxyl groups is 1. The second-order valence-corrected chi connectivity index (χ2v) is 6.30. The Kier molecular flexibility index (Phi) is 4.64. The largest absolute Gasteiger partial charge is 0.387 e. The van der Waals surface area contributed by atoms with Crippen LogP contribution in [0.25, 0.3) is 0 Å². The molecule has 0 bridgehead atoms. The molecule has 0 radical (unpaired) electrons. The number of nitrogens with zero attached hydrogens (tertiary/aromatic N) is 2. The maximum Gasteiger partial charge on any atom is 0.123 e. The third-order valence-corrected chi connectivity index (χ3v) is 4.57. The molecule has 0 aliphatic carbocycles. The predicted octanol–water partition coefficient (Wildman–Crippen LogP) is 3.12. The number of hydrogen-bond acceptors (Lipinski definition) is 3. The quantitative estimate of drug-likeness (QED) is 0.943. The van der Waals surface area contributed by atoms with Crippen LogP contribution in [-0.2, 0) is 6.54 Å². The van der Waals surface area contributed by atoms with Gasteiger partial charge in [-0.25, -0.2) is 4.39 Å². The van der Waals surface area contributed by atoms with E-state index in [0.717, 1.165) is 30.8 Å². The van der Waals surface area contributed by atoms with Gasteiger partial charge >= 0.3 is 0 Å². The minimum Gasteiger partial charge on any atom is -0.387 e. The summed E-state index contributed by atoms with van der Waals surface area (Å²) in [5.41, 5.74) is 4.13. The average Bonchev–Trinajstić information content (AvgIpc) is 2.67. The molecule has 1 N–H and O–H groups in total. The van der Waals surface area contributed by atoms with Crippen molar-refractivity contribution in [1.29, 1.82) is 0 Å². The van der Waals surface area contributed by atoms with Gasteiger partial charge in [-0.2, -0.15) is 0 Å². The van der Waals surface area contributed by atoms with Crippen molar-refractivity contribution in [2.75, 3.05) is 31.6 Å². The highest BCUT2D eigenvalue weighted by atomic mass is 19.1. The zero-order valence-corrected chi connectivity index (χ0v) is 13.7. The van der Waals surface area contributed by atoms with Gasteiger partial charge in [-0.3, -0.25) is 4.90 Å². The highest BCUT2D eigenvalue weighted by molar-refractivity contribution is 5.53. The van der Waals surface area contributed by atoms with E-state index in [0.29, 0.717) is 6.54 Å². The molecule has 1 atom stereocenters. The van der Waals surface area contributed by atoms with E-state index in [1.54, 1.807) is 6.07 Å². The molecule has 4 heteroatoms. The highest BCUT2D eigenvalue weighted by Crippen LogP contribution is 2.26. The van der Waals surface area contributed by atoms with Crippen molar-refractivity contribution >= 4 is 5.69 Å². The van der Waals surface area contributed by atoms with E-state index in [-0.39, 0.29) is 5.82 Å². The normalized spacial score (nSPS) is 16.8. The summed E-state index contributed by atoms with van der Waals surface area (Å²) in [5.74, 6) is -0.260. The second-order valence-electron chi connectivity index (χ2n) is 6.30. The lowest BCUT2D eigenvalue weighted by Gasteiger charge is -2.24. The molecule has 1 aliphatic heterocycles. The van der Waals surface area contributed by atoms with Gasteiger partial charge in [-0.15, -0.1) is 0 Å². The van der Waals surface area contributed by atoms with Crippen LogP contribution in [0.15, 0.2) is 42.5 Å². The lowest BCUT2D eigenvalue weighted by atomic mass is 10.0. The van der Waals surface area contributed by atoms with Gasteiger partial charge in [0, 0.05) is 38.9 Å². The standard InChI is InChI=1S/C19H23FN2O/c1-14-11-16(20)7-8-17(14)19(23)13-22-10-9-21(2)18-6-4-3-5-15(18)12-22/h3-8,11,19,23H,9-10,12-13H2,1-2H3/t19-/m1/s1. The number of aryl methyl sites for hydroxylation is 1. The van der Waals surface area contributed by atoms with Gasteiger partial charge in [-0.05, 0) is 41.8 Å². The predicted molar refractivity (Wildman–Crippen MR) is 91.1 cm³/mol. The molecule has 0 saturated heterocycles. The Balaban J connectivity index is 1.75. The van der Waals surface area contributed by atoms with Gasteiger partial charge in [0.1, 0.15) is 5.82 Å². The van der Waals surface area contributed by atoms with Crippen molar-refractivity contribution in [3.63, 3.8) is 0 Å². The fraction of sp³-hybridized carbons (Fsp3) is 0.368. The van der Waals surface area contributed by atoms with Gasteiger partial charge in [0.05, 0.1) is 6.10 Å². The minimum absolute atomic E-state index is 0.260. The first kappa shape index (κ1) is 16.0. The molecule has 3 rings (SSSR count). The van der Waals surface area contributed by atoms with E-state index < -0.39 is 6.10 Å². The lowest BCUT2D eigenvalue weighted by molar-refractivity contribution is 0.111. The molecule has 1 heterocycles. The van der Waals surface area contributed by atoms with Gasteiger partial charge < -0.3 is 10.0 Å². The van der Waals surface area contributed by atoms with Crippen molar-refractivity contribution in [1.82, 2.24) is 4.90 Å².